The molecule has 2 heterocycles. The Kier molecular flexibility index (Phi) is 2.43. The van der Waals surface area contributed by atoms with Crippen LogP contribution in [0.25, 0.3) is 0 Å². The molecule has 0 N–H and O–H groups in total. The number of hydrogen-bond donors (Lipinski definition) is 0. The summed E-state index contributed by atoms with van der Waals surface area (Å²) in [6.07, 6.45) is 0.0440. The van der Waals surface area contributed by atoms with Gasteiger partial charge in [-0.2, -0.15) is 0 Å². The highest BCUT2D eigenvalue weighted by molar-refractivity contribution is 5.52. The SMILES string of the molecule is COc1cccc2c1O[C@@H]1c3ccccc3O[C@@H]2[C@@H]1C. The van der Waals surface area contributed by atoms with Crippen molar-refractivity contribution in [2.24, 2.45) is 5.92 Å². The van der Waals surface area contributed by atoms with Gasteiger partial charge in [0.05, 0.1) is 7.11 Å². The smallest absolute Gasteiger partial charge is 0.169 e. The molecule has 0 saturated heterocycles. The van der Waals surface area contributed by atoms with Crippen LogP contribution in [0.4, 0.5) is 0 Å². The highest BCUT2D eigenvalue weighted by atomic mass is 16.5. The summed E-state index contributed by atoms with van der Waals surface area (Å²) >= 11 is 0. The van der Waals surface area contributed by atoms with Crippen LogP contribution in [0.1, 0.15) is 30.3 Å². The zero-order valence-electron chi connectivity index (χ0n) is 11.5. The molecule has 0 unspecified atom stereocenters. The van der Waals surface area contributed by atoms with Crippen LogP contribution in [0.15, 0.2) is 42.5 Å². The Morgan fingerprint density at radius 2 is 1.65 bits per heavy atom. The van der Waals surface area contributed by atoms with E-state index in [1.54, 1.807) is 7.11 Å². The molecule has 0 saturated carbocycles. The molecule has 20 heavy (non-hydrogen) atoms. The maximum absolute atomic E-state index is 6.26. The fourth-order valence-corrected chi connectivity index (χ4v) is 3.20. The topological polar surface area (TPSA) is 27.7 Å². The normalized spacial score (nSPS) is 25.8. The first-order valence-electron chi connectivity index (χ1n) is 6.88. The van der Waals surface area contributed by atoms with Crippen molar-refractivity contribution < 1.29 is 14.2 Å². The molecule has 0 amide bonds. The van der Waals surface area contributed by atoms with Crippen LogP contribution in [0, 0.1) is 5.92 Å². The zero-order chi connectivity index (χ0) is 13.7. The summed E-state index contributed by atoms with van der Waals surface area (Å²) in [5, 5.41) is 0. The van der Waals surface area contributed by atoms with Crippen LogP contribution < -0.4 is 14.2 Å². The quantitative estimate of drug-likeness (QED) is 0.785. The van der Waals surface area contributed by atoms with Gasteiger partial charge < -0.3 is 14.2 Å². The molecule has 0 radical (unpaired) electrons. The molecule has 102 valence electrons. The summed E-state index contributed by atoms with van der Waals surface area (Å²) < 4.78 is 17.9. The summed E-state index contributed by atoms with van der Waals surface area (Å²) in [5.74, 6) is 2.79. The van der Waals surface area contributed by atoms with Crippen LogP contribution in [-0.4, -0.2) is 7.11 Å². The molecule has 2 aliphatic heterocycles. The molecule has 3 nitrogen and oxygen atoms in total. The van der Waals surface area contributed by atoms with Crippen molar-refractivity contribution >= 4 is 0 Å². The van der Waals surface area contributed by atoms with Crippen LogP contribution in [0.3, 0.4) is 0 Å². The minimum atomic E-state index is 0.0220. The Hall–Kier alpha value is -2.16. The van der Waals surface area contributed by atoms with E-state index in [1.165, 1.54) is 0 Å². The first-order valence-corrected chi connectivity index (χ1v) is 6.88. The van der Waals surface area contributed by atoms with E-state index < -0.39 is 0 Å². The number of rotatable bonds is 1. The van der Waals surface area contributed by atoms with Gasteiger partial charge in [-0.05, 0) is 12.1 Å². The summed E-state index contributed by atoms with van der Waals surface area (Å²) in [6, 6.07) is 14.1. The lowest BCUT2D eigenvalue weighted by Crippen LogP contribution is -2.35. The van der Waals surface area contributed by atoms with E-state index in [-0.39, 0.29) is 18.1 Å². The Balaban J connectivity index is 1.89. The van der Waals surface area contributed by atoms with Gasteiger partial charge in [0.15, 0.2) is 11.5 Å². The van der Waals surface area contributed by atoms with Crippen LogP contribution in [-0.2, 0) is 0 Å². The highest BCUT2D eigenvalue weighted by Gasteiger charge is 2.43. The van der Waals surface area contributed by atoms with E-state index >= 15 is 0 Å². The predicted octanol–water partition coefficient (Wildman–Crippen LogP) is 3.90. The number of para-hydroxylation sites is 2. The minimum absolute atomic E-state index is 0.0220. The molecule has 3 heteroatoms. The monoisotopic (exact) mass is 268 g/mol. The van der Waals surface area contributed by atoms with E-state index in [0.29, 0.717) is 0 Å². The summed E-state index contributed by atoms with van der Waals surface area (Å²) in [4.78, 5) is 0. The average Bonchev–Trinajstić information content (AvgIpc) is 2.48. The Morgan fingerprint density at radius 1 is 0.900 bits per heavy atom. The van der Waals surface area contributed by atoms with Crippen molar-refractivity contribution in [2.75, 3.05) is 7.11 Å². The van der Waals surface area contributed by atoms with E-state index in [9.17, 15) is 0 Å². The fraction of sp³-hybridized carbons (Fsp3) is 0.294. The second kappa shape index (κ2) is 4.17. The minimum Gasteiger partial charge on any atom is -0.493 e. The number of benzene rings is 2. The van der Waals surface area contributed by atoms with E-state index in [0.717, 1.165) is 28.4 Å². The van der Waals surface area contributed by atoms with Gasteiger partial charge in [0.2, 0.25) is 0 Å². The maximum atomic E-state index is 6.26. The van der Waals surface area contributed by atoms with Gasteiger partial charge in [-0.15, -0.1) is 0 Å². The predicted molar refractivity (Wildman–Crippen MR) is 75.3 cm³/mol. The third-order valence-electron chi connectivity index (χ3n) is 4.22. The first-order chi connectivity index (χ1) is 9.79. The molecular weight excluding hydrogens is 252 g/mol. The van der Waals surface area contributed by atoms with Gasteiger partial charge in [0.1, 0.15) is 18.0 Å². The summed E-state index contributed by atoms with van der Waals surface area (Å²) in [6.45, 7) is 2.17. The molecule has 0 aromatic heterocycles. The second-order valence-electron chi connectivity index (χ2n) is 5.35. The van der Waals surface area contributed by atoms with Crippen molar-refractivity contribution in [3.8, 4) is 17.2 Å². The Labute approximate surface area is 118 Å². The molecule has 3 atom stereocenters. The maximum Gasteiger partial charge on any atom is 0.169 e. The van der Waals surface area contributed by atoms with Gasteiger partial charge >= 0.3 is 0 Å². The molecule has 2 aromatic rings. The molecular formula is C17H16O3. The van der Waals surface area contributed by atoms with E-state index in [4.69, 9.17) is 14.2 Å². The summed E-state index contributed by atoms with van der Waals surface area (Å²) in [7, 11) is 1.67. The van der Waals surface area contributed by atoms with Crippen molar-refractivity contribution in [2.45, 2.75) is 19.1 Å². The zero-order valence-corrected chi connectivity index (χ0v) is 11.5. The van der Waals surface area contributed by atoms with Gasteiger partial charge in [-0.25, -0.2) is 0 Å². The second-order valence-corrected chi connectivity index (χ2v) is 5.35. The Bertz CT molecular complexity index is 665. The molecule has 2 bridgehead atoms. The van der Waals surface area contributed by atoms with Crippen LogP contribution >= 0.6 is 0 Å². The van der Waals surface area contributed by atoms with Gasteiger partial charge in [0, 0.05) is 17.0 Å². The molecule has 2 aromatic carbocycles. The third-order valence-corrected chi connectivity index (χ3v) is 4.22. The lowest BCUT2D eigenvalue weighted by Gasteiger charge is -2.43. The van der Waals surface area contributed by atoms with Crippen molar-refractivity contribution in [3.05, 3.63) is 53.6 Å². The van der Waals surface area contributed by atoms with Crippen LogP contribution in [0.5, 0.6) is 17.2 Å². The van der Waals surface area contributed by atoms with Crippen molar-refractivity contribution in [3.63, 3.8) is 0 Å². The van der Waals surface area contributed by atoms with E-state index in [2.05, 4.69) is 19.1 Å². The van der Waals surface area contributed by atoms with Gasteiger partial charge in [0.25, 0.3) is 0 Å². The van der Waals surface area contributed by atoms with Crippen molar-refractivity contribution in [1.82, 2.24) is 0 Å². The number of methoxy groups -OCH3 is 1. The van der Waals surface area contributed by atoms with Gasteiger partial charge in [-0.3, -0.25) is 0 Å². The number of hydrogen-bond acceptors (Lipinski definition) is 3. The lowest BCUT2D eigenvalue weighted by molar-refractivity contribution is -0.00450. The van der Waals surface area contributed by atoms with Crippen molar-refractivity contribution in [1.29, 1.82) is 0 Å². The molecule has 2 aliphatic rings. The average molecular weight is 268 g/mol. The largest absolute Gasteiger partial charge is 0.493 e. The molecule has 0 fully saturated rings. The Morgan fingerprint density at radius 3 is 2.50 bits per heavy atom. The standard InChI is InChI=1S/C17H16O3/c1-10-15-11-6-3-4-8-13(11)19-16(10)12-7-5-9-14(18-2)17(12)20-15/h3-10,15-16H,1-2H3/t10-,15+,16-/m1/s1. The third kappa shape index (κ3) is 1.46. The van der Waals surface area contributed by atoms with Crippen LogP contribution in [0.2, 0.25) is 0 Å². The number of fused-ring (bicyclic) bond motifs is 6. The fourth-order valence-electron chi connectivity index (χ4n) is 3.20. The number of ether oxygens (including phenoxy) is 3. The van der Waals surface area contributed by atoms with E-state index in [1.807, 2.05) is 30.3 Å². The lowest BCUT2D eigenvalue weighted by atomic mass is 9.83. The molecule has 0 aliphatic carbocycles. The summed E-state index contributed by atoms with van der Waals surface area (Å²) in [5.41, 5.74) is 2.19. The first kappa shape index (κ1) is 11.6. The van der Waals surface area contributed by atoms with Gasteiger partial charge in [-0.1, -0.05) is 37.3 Å². The molecule has 4 rings (SSSR count). The highest BCUT2D eigenvalue weighted by Crippen LogP contribution is 2.54. The molecule has 0 spiro atoms.